The summed E-state index contributed by atoms with van der Waals surface area (Å²) in [5.74, 6) is 0.533. The van der Waals surface area contributed by atoms with E-state index in [0.717, 1.165) is 16.5 Å². The van der Waals surface area contributed by atoms with Gasteiger partial charge in [0.25, 0.3) is 11.5 Å². The van der Waals surface area contributed by atoms with Gasteiger partial charge in [-0.2, -0.15) is 14.7 Å². The molecule has 0 aliphatic carbocycles. The van der Waals surface area contributed by atoms with Gasteiger partial charge in [0.2, 0.25) is 0 Å². The first-order chi connectivity index (χ1) is 15.0. The van der Waals surface area contributed by atoms with Crippen LogP contribution in [-0.2, 0) is 4.79 Å². The number of methoxy groups -OCH3 is 2. The molecule has 0 saturated carbocycles. The molecule has 10 heteroatoms. The van der Waals surface area contributed by atoms with Crippen molar-refractivity contribution in [1.82, 2.24) is 14.1 Å². The van der Waals surface area contributed by atoms with Crippen LogP contribution in [-0.4, -0.2) is 46.4 Å². The van der Waals surface area contributed by atoms with Crippen molar-refractivity contribution in [2.75, 3.05) is 19.2 Å². The monoisotopic (exact) mass is 417 g/mol. The van der Waals surface area contributed by atoms with E-state index in [1.165, 1.54) is 26.5 Å². The van der Waals surface area contributed by atoms with Crippen LogP contribution in [0.1, 0.15) is 0 Å². The van der Waals surface area contributed by atoms with Crippen LogP contribution in [0.3, 0.4) is 0 Å². The van der Waals surface area contributed by atoms with Gasteiger partial charge in [-0.05, 0) is 6.07 Å². The highest BCUT2D eigenvalue weighted by molar-refractivity contribution is 6.42. The van der Waals surface area contributed by atoms with Gasteiger partial charge in [-0.1, -0.05) is 30.3 Å². The lowest BCUT2D eigenvalue weighted by molar-refractivity contribution is -0.112. The Morgan fingerprint density at radius 3 is 2.29 bits per heavy atom. The van der Waals surface area contributed by atoms with Gasteiger partial charge in [0.1, 0.15) is 12.0 Å². The summed E-state index contributed by atoms with van der Waals surface area (Å²) >= 11 is 0. The van der Waals surface area contributed by atoms with Crippen molar-refractivity contribution in [3.8, 4) is 22.9 Å². The maximum absolute atomic E-state index is 13.5. The summed E-state index contributed by atoms with van der Waals surface area (Å²) < 4.78 is 13.4. The second kappa shape index (κ2) is 6.80. The van der Waals surface area contributed by atoms with Crippen LogP contribution in [0.5, 0.6) is 11.5 Å². The van der Waals surface area contributed by atoms with Crippen molar-refractivity contribution in [3.05, 3.63) is 59.0 Å². The molecule has 0 unspecified atom stereocenters. The highest BCUT2D eigenvalue weighted by Gasteiger charge is 2.31. The third-order valence-corrected chi connectivity index (χ3v) is 5.03. The zero-order chi connectivity index (χ0) is 21.7. The van der Waals surface area contributed by atoms with Crippen molar-refractivity contribution in [2.24, 2.45) is 4.99 Å². The lowest BCUT2D eigenvalue weighted by Crippen LogP contribution is -2.47. The molecule has 0 N–H and O–H groups in total. The normalized spacial score (nSPS) is 13.5. The fourth-order valence-electron chi connectivity index (χ4n) is 3.65. The maximum atomic E-state index is 13.5. The largest absolute Gasteiger partial charge is 0.493 e. The van der Waals surface area contributed by atoms with Crippen molar-refractivity contribution in [1.29, 1.82) is 0 Å². The molecule has 0 radical (unpaired) electrons. The highest BCUT2D eigenvalue weighted by atomic mass is 16.5. The molecule has 3 heterocycles. The number of rotatable bonds is 4. The molecule has 10 nitrogen and oxygen atoms in total. The van der Waals surface area contributed by atoms with Gasteiger partial charge in [-0.3, -0.25) is 14.0 Å². The van der Waals surface area contributed by atoms with E-state index >= 15 is 0 Å². The van der Waals surface area contributed by atoms with E-state index < -0.39 is 17.5 Å². The Kier molecular flexibility index (Phi) is 4.07. The quantitative estimate of drug-likeness (QED) is 0.503. The van der Waals surface area contributed by atoms with Gasteiger partial charge in [-0.15, -0.1) is 0 Å². The molecule has 5 rings (SSSR count). The zero-order valence-corrected chi connectivity index (χ0v) is 16.5. The van der Waals surface area contributed by atoms with E-state index in [4.69, 9.17) is 9.47 Å². The molecule has 31 heavy (non-hydrogen) atoms. The van der Waals surface area contributed by atoms with Crippen LogP contribution in [0, 0.1) is 0 Å². The molecule has 154 valence electrons. The maximum Gasteiger partial charge on any atom is 0.370 e. The van der Waals surface area contributed by atoms with Crippen molar-refractivity contribution >= 4 is 34.7 Å². The molecule has 3 amide bonds. The molecule has 0 atom stereocenters. The second-order valence-corrected chi connectivity index (χ2v) is 6.67. The first-order valence-electron chi connectivity index (χ1n) is 9.21. The number of aliphatic imine (C=N–C) groups is 1. The number of aromatic nitrogens is 3. The van der Waals surface area contributed by atoms with E-state index in [2.05, 4.69) is 9.98 Å². The molecule has 2 aromatic heterocycles. The van der Waals surface area contributed by atoms with Crippen LogP contribution in [0.2, 0.25) is 0 Å². The lowest BCUT2D eigenvalue weighted by Gasteiger charge is -2.19. The predicted molar refractivity (Wildman–Crippen MR) is 113 cm³/mol. The summed E-state index contributed by atoms with van der Waals surface area (Å²) in [6, 6.07) is 11.6. The summed E-state index contributed by atoms with van der Waals surface area (Å²) in [6.45, 7) is 0. The number of nitrogens with zero attached hydrogens (tertiary/aromatic N) is 5. The van der Waals surface area contributed by atoms with Gasteiger partial charge in [-0.25, -0.2) is 9.78 Å². The number of imide groups is 1. The topological polar surface area (TPSA) is 108 Å². The van der Waals surface area contributed by atoms with E-state index in [0.29, 0.717) is 27.8 Å². The Bertz CT molecular complexity index is 1450. The summed E-state index contributed by atoms with van der Waals surface area (Å²) in [7, 11) is 2.95. The minimum Gasteiger partial charge on any atom is -0.493 e. The lowest BCUT2D eigenvalue weighted by atomic mass is 10.2. The number of amides is 3. The number of urea groups is 1. The number of imidazole rings is 1. The molecule has 1 aliphatic rings. The molecular weight excluding hydrogens is 402 g/mol. The summed E-state index contributed by atoms with van der Waals surface area (Å²) in [6.07, 6.45) is 2.30. The number of benzene rings is 2. The van der Waals surface area contributed by atoms with Crippen molar-refractivity contribution < 1.29 is 19.1 Å². The van der Waals surface area contributed by atoms with Gasteiger partial charge in [0.05, 0.1) is 31.3 Å². The van der Waals surface area contributed by atoms with Crippen LogP contribution in [0.25, 0.3) is 27.9 Å². The average Bonchev–Trinajstić information content (AvgIpc) is 3.38. The Morgan fingerprint density at radius 2 is 1.65 bits per heavy atom. The van der Waals surface area contributed by atoms with Gasteiger partial charge in [0, 0.05) is 11.6 Å². The third-order valence-electron chi connectivity index (χ3n) is 5.03. The van der Waals surface area contributed by atoms with Crippen LogP contribution >= 0.6 is 0 Å². The number of hydrogen-bond acceptors (Lipinski definition) is 6. The van der Waals surface area contributed by atoms with E-state index in [1.807, 2.05) is 30.3 Å². The highest BCUT2D eigenvalue weighted by Crippen LogP contribution is 2.33. The number of ether oxygens (including phenoxy) is 2. The second-order valence-electron chi connectivity index (χ2n) is 6.67. The standard InChI is InChI=1S/C21H15N5O5/c1-30-15-8-13-14(9-16(15)31-2)24-17(10-22-19(24)12-6-4-3-5-7-12)25(20(13)28)26-18(27)11-23-21(26)29/h3-11H,1-2H3. The van der Waals surface area contributed by atoms with Gasteiger partial charge >= 0.3 is 6.03 Å². The number of carbonyl (C=O) groups excluding carboxylic acids is 2. The van der Waals surface area contributed by atoms with E-state index in [9.17, 15) is 14.4 Å². The summed E-state index contributed by atoms with van der Waals surface area (Å²) in [5.41, 5.74) is 0.871. The van der Waals surface area contributed by atoms with E-state index in [1.54, 1.807) is 10.5 Å². The minimum absolute atomic E-state index is 0.202. The van der Waals surface area contributed by atoms with Crippen molar-refractivity contribution in [3.63, 3.8) is 0 Å². The third kappa shape index (κ3) is 2.61. The molecule has 4 aromatic rings. The van der Waals surface area contributed by atoms with Crippen LogP contribution in [0.15, 0.2) is 58.4 Å². The fourth-order valence-corrected chi connectivity index (χ4v) is 3.65. The molecule has 0 saturated heterocycles. The molecule has 2 aromatic carbocycles. The Morgan fingerprint density at radius 1 is 0.935 bits per heavy atom. The van der Waals surface area contributed by atoms with E-state index in [-0.39, 0.29) is 11.0 Å². The molecular formula is C21H15N5O5. The number of carbonyl (C=O) groups is 2. The number of fused-ring (bicyclic) bond motifs is 3. The molecule has 1 aliphatic heterocycles. The Labute approximate surface area is 174 Å². The molecule has 0 spiro atoms. The minimum atomic E-state index is -0.865. The fraction of sp³-hybridized carbons (Fsp3) is 0.0952. The Hall–Kier alpha value is -4.47. The predicted octanol–water partition coefficient (Wildman–Crippen LogP) is 2.00. The summed E-state index contributed by atoms with van der Waals surface area (Å²) in [5, 5.41) is 0.886. The zero-order valence-electron chi connectivity index (χ0n) is 16.5. The van der Waals surface area contributed by atoms with Crippen LogP contribution < -0.4 is 20.0 Å². The Balaban J connectivity index is 1.97. The smallest absolute Gasteiger partial charge is 0.370 e. The van der Waals surface area contributed by atoms with Gasteiger partial charge < -0.3 is 9.47 Å². The van der Waals surface area contributed by atoms with Gasteiger partial charge in [0.15, 0.2) is 17.1 Å². The SMILES string of the molecule is COc1cc2c(=O)n(N3C(=O)C=NC3=O)c3cnc(-c4ccccc4)n3c2cc1OC. The average molecular weight is 417 g/mol. The van der Waals surface area contributed by atoms with Crippen LogP contribution in [0.4, 0.5) is 4.79 Å². The molecule has 0 fully saturated rings. The first-order valence-corrected chi connectivity index (χ1v) is 9.21. The first kappa shape index (κ1) is 18.6. The number of hydrogen-bond donors (Lipinski definition) is 0. The molecule has 0 bridgehead atoms. The summed E-state index contributed by atoms with van der Waals surface area (Å²) in [4.78, 5) is 46.1. The van der Waals surface area contributed by atoms with Crippen molar-refractivity contribution in [2.45, 2.75) is 0 Å².